The number of carbonyl (C=O) groups is 1. The highest BCUT2D eigenvalue weighted by molar-refractivity contribution is 6.07. The number of halogens is 1. The Hall–Kier alpha value is -3.08. The zero-order chi connectivity index (χ0) is 18.2. The van der Waals surface area contributed by atoms with Crippen molar-refractivity contribution >= 4 is 11.9 Å². The van der Waals surface area contributed by atoms with Crippen molar-refractivity contribution in [2.24, 2.45) is 0 Å². The molecular weight excluding hydrogens is 323 g/mol. The molecule has 0 aliphatic carbocycles. The van der Waals surface area contributed by atoms with Crippen molar-refractivity contribution in [1.82, 2.24) is 0 Å². The van der Waals surface area contributed by atoms with Gasteiger partial charge in [-0.25, -0.2) is 4.39 Å². The number of ketones is 1. The summed E-state index contributed by atoms with van der Waals surface area (Å²) in [6.45, 7) is 3.95. The minimum atomic E-state index is -0.625. The number of carbonyl (C=O) groups excluding carboxylic acids is 1. The first-order valence-electron chi connectivity index (χ1n) is 7.56. The molecule has 0 fully saturated rings. The third kappa shape index (κ3) is 4.70. The summed E-state index contributed by atoms with van der Waals surface area (Å²) in [5.41, 5.74) is 0.708. The lowest BCUT2D eigenvalue weighted by atomic mass is 10.1. The van der Waals surface area contributed by atoms with Gasteiger partial charge in [0.05, 0.1) is 19.8 Å². The molecule has 4 nitrogen and oxygen atoms in total. The Kier molecular flexibility index (Phi) is 6.34. The van der Waals surface area contributed by atoms with E-state index in [0.29, 0.717) is 23.9 Å². The van der Waals surface area contributed by atoms with Crippen LogP contribution in [0.15, 0.2) is 55.1 Å². The SMILES string of the molecule is C=CCOc1ccc(/C=C/C(=O)c2ccc(OC)cc2F)cc1OC. The first kappa shape index (κ1) is 18.3. The van der Waals surface area contributed by atoms with Gasteiger partial charge in [0.1, 0.15) is 18.2 Å². The Morgan fingerprint density at radius 1 is 1.12 bits per heavy atom. The van der Waals surface area contributed by atoms with Crippen LogP contribution in [0.5, 0.6) is 17.2 Å². The smallest absolute Gasteiger partial charge is 0.188 e. The second kappa shape index (κ2) is 8.68. The van der Waals surface area contributed by atoms with Crippen LogP contribution in [0.4, 0.5) is 4.39 Å². The van der Waals surface area contributed by atoms with Crippen molar-refractivity contribution < 1.29 is 23.4 Å². The fourth-order valence-electron chi connectivity index (χ4n) is 2.14. The van der Waals surface area contributed by atoms with Crippen molar-refractivity contribution in [2.75, 3.05) is 20.8 Å². The van der Waals surface area contributed by atoms with E-state index in [-0.39, 0.29) is 5.56 Å². The molecule has 0 amide bonds. The standard InChI is InChI=1S/C20H19FO4/c1-4-11-25-19-10-6-14(12-20(19)24-3)5-9-18(22)16-8-7-15(23-2)13-17(16)21/h4-10,12-13H,1,11H2,2-3H3/b9-5+. The molecule has 0 bridgehead atoms. The van der Waals surface area contributed by atoms with Gasteiger partial charge in [-0.05, 0) is 35.9 Å². The van der Waals surface area contributed by atoms with Gasteiger partial charge >= 0.3 is 0 Å². The lowest BCUT2D eigenvalue weighted by Crippen LogP contribution is -1.99. The lowest BCUT2D eigenvalue weighted by molar-refractivity contribution is 0.104. The van der Waals surface area contributed by atoms with Crippen LogP contribution >= 0.6 is 0 Å². The van der Waals surface area contributed by atoms with Crippen molar-refractivity contribution in [3.05, 3.63) is 72.1 Å². The number of ether oxygens (including phenoxy) is 3. The molecule has 0 radical (unpaired) electrons. The van der Waals surface area contributed by atoms with Gasteiger partial charge in [0.15, 0.2) is 17.3 Å². The van der Waals surface area contributed by atoms with Crippen molar-refractivity contribution in [3.63, 3.8) is 0 Å². The molecule has 0 aromatic heterocycles. The van der Waals surface area contributed by atoms with E-state index in [1.54, 1.807) is 36.4 Å². The second-order valence-corrected chi connectivity index (χ2v) is 5.05. The number of benzene rings is 2. The van der Waals surface area contributed by atoms with Gasteiger partial charge in [-0.3, -0.25) is 4.79 Å². The van der Waals surface area contributed by atoms with E-state index in [2.05, 4.69) is 6.58 Å². The Bertz CT molecular complexity index is 796. The molecule has 130 valence electrons. The van der Waals surface area contributed by atoms with Gasteiger partial charge in [-0.2, -0.15) is 0 Å². The minimum absolute atomic E-state index is 0.0186. The average Bonchev–Trinajstić information content (AvgIpc) is 2.64. The Balaban J connectivity index is 2.18. The zero-order valence-electron chi connectivity index (χ0n) is 14.1. The van der Waals surface area contributed by atoms with E-state index in [0.717, 1.165) is 5.56 Å². The molecule has 0 unspecified atom stereocenters. The van der Waals surface area contributed by atoms with E-state index in [1.807, 2.05) is 0 Å². The molecular formula is C20H19FO4. The molecule has 0 N–H and O–H groups in total. The number of methoxy groups -OCH3 is 2. The number of rotatable bonds is 8. The minimum Gasteiger partial charge on any atom is -0.497 e. The van der Waals surface area contributed by atoms with Crippen LogP contribution in [0.25, 0.3) is 6.08 Å². The third-order valence-electron chi connectivity index (χ3n) is 3.41. The summed E-state index contributed by atoms with van der Waals surface area (Å²) < 4.78 is 29.6. The highest BCUT2D eigenvalue weighted by Crippen LogP contribution is 2.28. The van der Waals surface area contributed by atoms with Gasteiger partial charge in [0.25, 0.3) is 0 Å². The van der Waals surface area contributed by atoms with Gasteiger partial charge in [0, 0.05) is 6.07 Å². The quantitative estimate of drug-likeness (QED) is 0.407. The Morgan fingerprint density at radius 3 is 2.56 bits per heavy atom. The molecule has 25 heavy (non-hydrogen) atoms. The monoisotopic (exact) mass is 342 g/mol. The molecule has 0 aliphatic heterocycles. The van der Waals surface area contributed by atoms with Gasteiger partial charge in [-0.15, -0.1) is 0 Å². The normalized spacial score (nSPS) is 10.5. The van der Waals surface area contributed by atoms with Gasteiger partial charge in [-0.1, -0.05) is 24.8 Å². The number of allylic oxidation sites excluding steroid dienone is 1. The summed E-state index contributed by atoms with van der Waals surface area (Å²) in [5.74, 6) is 0.405. The maximum atomic E-state index is 13.9. The summed E-state index contributed by atoms with van der Waals surface area (Å²) in [5, 5.41) is 0. The Labute approximate surface area is 146 Å². The van der Waals surface area contributed by atoms with Crippen LogP contribution in [0, 0.1) is 5.82 Å². The Morgan fingerprint density at radius 2 is 1.92 bits per heavy atom. The summed E-state index contributed by atoms with van der Waals surface area (Å²) in [4.78, 5) is 12.2. The van der Waals surface area contributed by atoms with Crippen LogP contribution in [-0.2, 0) is 0 Å². The molecule has 0 saturated heterocycles. The van der Waals surface area contributed by atoms with E-state index in [4.69, 9.17) is 14.2 Å². The molecule has 0 heterocycles. The summed E-state index contributed by atoms with van der Waals surface area (Å²) in [6.07, 6.45) is 4.53. The van der Waals surface area contributed by atoms with E-state index in [9.17, 15) is 9.18 Å². The summed E-state index contributed by atoms with van der Waals surface area (Å²) in [7, 11) is 2.97. The molecule has 2 aromatic rings. The molecule has 5 heteroatoms. The van der Waals surface area contributed by atoms with Gasteiger partial charge < -0.3 is 14.2 Å². The van der Waals surface area contributed by atoms with Crippen LogP contribution in [0.1, 0.15) is 15.9 Å². The highest BCUT2D eigenvalue weighted by Gasteiger charge is 2.10. The van der Waals surface area contributed by atoms with Crippen LogP contribution in [0.3, 0.4) is 0 Å². The molecule has 0 saturated carbocycles. The molecule has 0 aliphatic rings. The number of hydrogen-bond acceptors (Lipinski definition) is 4. The lowest BCUT2D eigenvalue weighted by Gasteiger charge is -2.09. The van der Waals surface area contributed by atoms with Crippen LogP contribution in [-0.4, -0.2) is 26.6 Å². The van der Waals surface area contributed by atoms with Crippen molar-refractivity contribution in [2.45, 2.75) is 0 Å². The first-order chi connectivity index (χ1) is 12.1. The maximum Gasteiger partial charge on any atom is 0.188 e. The third-order valence-corrected chi connectivity index (χ3v) is 3.41. The topological polar surface area (TPSA) is 44.8 Å². The fraction of sp³-hybridized carbons (Fsp3) is 0.150. The summed E-state index contributed by atoms with van der Waals surface area (Å²) in [6, 6.07) is 9.35. The molecule has 2 rings (SSSR count). The fourth-order valence-corrected chi connectivity index (χ4v) is 2.14. The predicted molar refractivity (Wildman–Crippen MR) is 95.0 cm³/mol. The predicted octanol–water partition coefficient (Wildman–Crippen LogP) is 4.30. The summed E-state index contributed by atoms with van der Waals surface area (Å²) >= 11 is 0. The van der Waals surface area contributed by atoms with E-state index >= 15 is 0 Å². The second-order valence-electron chi connectivity index (χ2n) is 5.05. The largest absolute Gasteiger partial charge is 0.497 e. The van der Waals surface area contributed by atoms with Crippen molar-refractivity contribution in [3.8, 4) is 17.2 Å². The van der Waals surface area contributed by atoms with Gasteiger partial charge in [0.2, 0.25) is 0 Å². The van der Waals surface area contributed by atoms with Crippen LogP contribution in [0.2, 0.25) is 0 Å². The molecule has 0 spiro atoms. The molecule has 0 atom stereocenters. The van der Waals surface area contributed by atoms with Crippen molar-refractivity contribution in [1.29, 1.82) is 0 Å². The first-order valence-corrected chi connectivity index (χ1v) is 7.56. The maximum absolute atomic E-state index is 13.9. The number of hydrogen-bond donors (Lipinski definition) is 0. The van der Waals surface area contributed by atoms with E-state index < -0.39 is 11.6 Å². The highest BCUT2D eigenvalue weighted by atomic mass is 19.1. The molecule has 2 aromatic carbocycles. The van der Waals surface area contributed by atoms with E-state index in [1.165, 1.54) is 32.4 Å². The van der Waals surface area contributed by atoms with Crippen LogP contribution < -0.4 is 14.2 Å². The average molecular weight is 342 g/mol. The zero-order valence-corrected chi connectivity index (χ0v) is 14.1.